The monoisotopic (exact) mass is 331 g/mol. The number of ketones is 1. The lowest BCUT2D eigenvalue weighted by Crippen LogP contribution is -2.40. The predicted octanol–water partition coefficient (Wildman–Crippen LogP) is 3.19. The Morgan fingerprint density at radius 1 is 0.913 bits per heavy atom. The van der Waals surface area contributed by atoms with Gasteiger partial charge in [0.05, 0.1) is 4.90 Å². The van der Waals surface area contributed by atoms with Crippen molar-refractivity contribution in [3.05, 3.63) is 60.2 Å². The lowest BCUT2D eigenvalue weighted by atomic mass is 10.0. The van der Waals surface area contributed by atoms with Gasteiger partial charge in [0.15, 0.2) is 15.6 Å². The normalized spacial score (nSPS) is 12.0. The smallest absolute Gasteiger partial charge is 0.190 e. The van der Waals surface area contributed by atoms with Crippen LogP contribution in [-0.2, 0) is 9.84 Å². The molecule has 0 aliphatic heterocycles. The van der Waals surface area contributed by atoms with Crippen LogP contribution in [-0.4, -0.2) is 33.0 Å². The Labute approximate surface area is 137 Å². The lowest BCUT2D eigenvalue weighted by molar-refractivity contribution is 0.0953. The van der Waals surface area contributed by atoms with Gasteiger partial charge < -0.3 is 4.90 Å². The van der Waals surface area contributed by atoms with Crippen LogP contribution in [0.15, 0.2) is 59.5 Å². The number of rotatable bonds is 5. The molecule has 5 heteroatoms. The van der Waals surface area contributed by atoms with Crippen molar-refractivity contribution in [3.63, 3.8) is 0 Å². The van der Waals surface area contributed by atoms with E-state index in [1.54, 1.807) is 54.6 Å². The van der Waals surface area contributed by atoms with Gasteiger partial charge in [-0.15, -0.1) is 0 Å². The van der Waals surface area contributed by atoms with Crippen LogP contribution in [0.3, 0.4) is 0 Å². The third-order valence-electron chi connectivity index (χ3n) is 3.92. The van der Waals surface area contributed by atoms with Crippen molar-refractivity contribution in [1.82, 2.24) is 0 Å². The number of benzene rings is 2. The molecule has 0 amide bonds. The predicted molar refractivity (Wildman–Crippen MR) is 92.8 cm³/mol. The van der Waals surface area contributed by atoms with E-state index in [-0.39, 0.29) is 4.90 Å². The second kappa shape index (κ2) is 6.16. The number of carbonyl (C=O) groups excluding carboxylic acids is 1. The molecular weight excluding hydrogens is 310 g/mol. The number of nitrogens with zero attached hydrogens (tertiary/aromatic N) is 1. The molecule has 2 rings (SSSR count). The lowest BCUT2D eigenvalue weighted by Gasteiger charge is -2.24. The molecule has 122 valence electrons. The Kier molecular flexibility index (Phi) is 4.61. The van der Waals surface area contributed by atoms with Gasteiger partial charge in [-0.05, 0) is 38.1 Å². The van der Waals surface area contributed by atoms with Crippen LogP contribution in [0.2, 0.25) is 0 Å². The highest BCUT2D eigenvalue weighted by molar-refractivity contribution is 7.93. The van der Waals surface area contributed by atoms with Gasteiger partial charge in [-0.1, -0.05) is 30.3 Å². The molecule has 0 radical (unpaired) electrons. The number of sulfone groups is 1. The Morgan fingerprint density at radius 3 is 1.91 bits per heavy atom. The standard InChI is InChI=1S/C18H21NO3S/c1-18(2,17(20)14-8-6-5-7-9-14)23(21,22)16-12-10-15(11-13-16)19(3)4/h5-13H,1-4H3. The average molecular weight is 331 g/mol. The summed E-state index contributed by atoms with van der Waals surface area (Å²) in [5.41, 5.74) is 1.29. The van der Waals surface area contributed by atoms with E-state index in [0.29, 0.717) is 5.56 Å². The number of hydrogen-bond acceptors (Lipinski definition) is 4. The second-order valence-electron chi connectivity index (χ2n) is 6.10. The van der Waals surface area contributed by atoms with Gasteiger partial charge in [0.1, 0.15) is 4.75 Å². The first-order valence-electron chi connectivity index (χ1n) is 7.30. The van der Waals surface area contributed by atoms with E-state index in [4.69, 9.17) is 0 Å². The molecule has 0 aliphatic carbocycles. The summed E-state index contributed by atoms with van der Waals surface area (Å²) in [5.74, 6) is -0.408. The van der Waals surface area contributed by atoms with Crippen molar-refractivity contribution in [3.8, 4) is 0 Å². The minimum absolute atomic E-state index is 0.150. The Bertz CT molecular complexity index is 792. The van der Waals surface area contributed by atoms with Gasteiger partial charge in [-0.3, -0.25) is 4.79 Å². The first-order valence-corrected chi connectivity index (χ1v) is 8.78. The molecule has 0 spiro atoms. The number of hydrogen-bond donors (Lipinski definition) is 0. The fraction of sp³-hybridized carbons (Fsp3) is 0.278. The summed E-state index contributed by atoms with van der Waals surface area (Å²) >= 11 is 0. The van der Waals surface area contributed by atoms with Gasteiger partial charge in [-0.2, -0.15) is 0 Å². The molecular formula is C18H21NO3S. The fourth-order valence-corrected chi connectivity index (χ4v) is 3.72. The highest BCUT2D eigenvalue weighted by atomic mass is 32.2. The highest BCUT2D eigenvalue weighted by Gasteiger charge is 2.42. The summed E-state index contributed by atoms with van der Waals surface area (Å²) in [7, 11) is -0.0338. The first-order chi connectivity index (χ1) is 10.7. The van der Waals surface area contributed by atoms with Gasteiger partial charge in [-0.25, -0.2) is 8.42 Å². The van der Waals surface area contributed by atoms with Crippen LogP contribution < -0.4 is 4.90 Å². The summed E-state index contributed by atoms with van der Waals surface area (Å²) in [6.45, 7) is 2.91. The molecule has 4 nitrogen and oxygen atoms in total. The molecule has 2 aromatic carbocycles. The Balaban J connectivity index is 2.43. The van der Waals surface area contributed by atoms with Crippen molar-refractivity contribution in [2.45, 2.75) is 23.5 Å². The minimum Gasteiger partial charge on any atom is -0.378 e. The summed E-state index contributed by atoms with van der Waals surface area (Å²) < 4.78 is 24.3. The molecule has 0 fully saturated rings. The van der Waals surface area contributed by atoms with Crippen molar-refractivity contribution in [1.29, 1.82) is 0 Å². The number of carbonyl (C=O) groups is 1. The number of anilines is 1. The summed E-state index contributed by atoms with van der Waals surface area (Å²) in [6, 6.07) is 15.1. The van der Waals surface area contributed by atoms with Crippen molar-refractivity contribution in [2.24, 2.45) is 0 Å². The Morgan fingerprint density at radius 2 is 1.43 bits per heavy atom. The maximum atomic E-state index is 12.9. The van der Waals surface area contributed by atoms with E-state index < -0.39 is 20.4 Å². The van der Waals surface area contributed by atoms with E-state index in [0.717, 1.165) is 5.69 Å². The minimum atomic E-state index is -3.80. The van der Waals surface area contributed by atoms with Crippen LogP contribution in [0.1, 0.15) is 24.2 Å². The molecule has 0 N–H and O–H groups in total. The second-order valence-corrected chi connectivity index (χ2v) is 8.60. The van der Waals surface area contributed by atoms with Gasteiger partial charge in [0.25, 0.3) is 0 Å². The molecule has 23 heavy (non-hydrogen) atoms. The zero-order valence-corrected chi connectivity index (χ0v) is 14.6. The molecule has 0 aromatic heterocycles. The highest BCUT2D eigenvalue weighted by Crippen LogP contribution is 2.30. The van der Waals surface area contributed by atoms with Crippen molar-refractivity contribution < 1.29 is 13.2 Å². The molecule has 2 aromatic rings. The van der Waals surface area contributed by atoms with E-state index in [2.05, 4.69) is 0 Å². The summed E-state index contributed by atoms with van der Waals surface area (Å²) in [4.78, 5) is 14.7. The molecule has 0 saturated heterocycles. The fourth-order valence-electron chi connectivity index (χ4n) is 2.28. The van der Waals surface area contributed by atoms with Crippen LogP contribution >= 0.6 is 0 Å². The molecule has 0 aliphatic rings. The SMILES string of the molecule is CN(C)c1ccc(S(=O)(=O)C(C)(C)C(=O)c2ccccc2)cc1. The van der Waals surface area contributed by atoms with Gasteiger partial charge >= 0.3 is 0 Å². The van der Waals surface area contributed by atoms with Gasteiger partial charge in [0, 0.05) is 25.3 Å². The largest absolute Gasteiger partial charge is 0.378 e. The molecule has 0 unspecified atom stereocenters. The van der Waals surface area contributed by atoms with Crippen LogP contribution in [0.5, 0.6) is 0 Å². The number of Topliss-reactive ketones (excluding diaryl/α,β-unsaturated/α-hetero) is 1. The van der Waals surface area contributed by atoms with Crippen LogP contribution in [0, 0.1) is 0 Å². The van der Waals surface area contributed by atoms with Crippen LogP contribution in [0.25, 0.3) is 0 Å². The van der Waals surface area contributed by atoms with Crippen molar-refractivity contribution in [2.75, 3.05) is 19.0 Å². The molecule has 0 saturated carbocycles. The zero-order chi connectivity index (χ0) is 17.3. The topological polar surface area (TPSA) is 54.5 Å². The first kappa shape index (κ1) is 17.2. The van der Waals surface area contributed by atoms with Gasteiger partial charge in [0.2, 0.25) is 0 Å². The molecule has 0 atom stereocenters. The van der Waals surface area contributed by atoms with Crippen LogP contribution in [0.4, 0.5) is 5.69 Å². The maximum absolute atomic E-state index is 12.9. The van der Waals surface area contributed by atoms with E-state index in [1.807, 2.05) is 19.0 Å². The third kappa shape index (κ3) is 3.15. The third-order valence-corrected chi connectivity index (χ3v) is 6.34. The molecule has 0 heterocycles. The van der Waals surface area contributed by atoms with E-state index in [1.165, 1.54) is 13.8 Å². The summed E-state index contributed by atoms with van der Waals surface area (Å²) in [6.07, 6.45) is 0. The van der Waals surface area contributed by atoms with E-state index >= 15 is 0 Å². The van der Waals surface area contributed by atoms with E-state index in [9.17, 15) is 13.2 Å². The Hall–Kier alpha value is -2.14. The zero-order valence-electron chi connectivity index (χ0n) is 13.8. The van der Waals surface area contributed by atoms with Crippen molar-refractivity contribution >= 4 is 21.3 Å². The average Bonchev–Trinajstić information content (AvgIpc) is 2.54. The molecule has 0 bridgehead atoms. The summed E-state index contributed by atoms with van der Waals surface area (Å²) in [5, 5.41) is 0. The maximum Gasteiger partial charge on any atom is 0.190 e. The quantitative estimate of drug-likeness (QED) is 0.790.